The van der Waals surface area contributed by atoms with E-state index in [2.05, 4.69) is 55.1 Å². The Morgan fingerprint density at radius 3 is 2.49 bits per heavy atom. The average molecular weight is 503 g/mol. The lowest BCUT2D eigenvalue weighted by molar-refractivity contribution is -0.120. The van der Waals surface area contributed by atoms with Crippen molar-refractivity contribution in [3.63, 3.8) is 0 Å². The number of carbonyl (C=O) groups excluding carboxylic acids is 2. The molecule has 0 fully saturated rings. The van der Waals surface area contributed by atoms with Gasteiger partial charge >= 0.3 is 0 Å². The van der Waals surface area contributed by atoms with E-state index >= 15 is 0 Å². The third kappa shape index (κ3) is 6.72. The fourth-order valence-corrected chi connectivity index (χ4v) is 4.30. The second-order valence-electron chi connectivity index (χ2n) is 9.15. The molecule has 3 heterocycles. The number of rotatable bonds is 12. The summed E-state index contributed by atoms with van der Waals surface area (Å²) in [5.41, 5.74) is 4.45. The highest BCUT2D eigenvalue weighted by Crippen LogP contribution is 2.26. The van der Waals surface area contributed by atoms with E-state index in [1.165, 1.54) is 0 Å². The van der Waals surface area contributed by atoms with Crippen LogP contribution in [0.25, 0.3) is 22.5 Å². The number of aryl methyl sites for hydroxylation is 2. The second-order valence-corrected chi connectivity index (χ2v) is 9.15. The van der Waals surface area contributed by atoms with Gasteiger partial charge in [0.15, 0.2) is 0 Å². The normalized spacial score (nSPS) is 11.9. The van der Waals surface area contributed by atoms with Crippen molar-refractivity contribution in [1.82, 2.24) is 40.2 Å². The molecule has 0 aliphatic heterocycles. The Bertz CT molecular complexity index is 1320. The van der Waals surface area contributed by atoms with Crippen molar-refractivity contribution in [3.8, 4) is 22.5 Å². The van der Waals surface area contributed by atoms with Crippen LogP contribution in [-0.4, -0.2) is 54.9 Å². The first kappa shape index (κ1) is 25.9. The van der Waals surface area contributed by atoms with E-state index in [1.54, 1.807) is 35.7 Å². The van der Waals surface area contributed by atoms with E-state index in [0.29, 0.717) is 18.7 Å². The number of H-pyrrole nitrogens is 1. The first-order valence-corrected chi connectivity index (χ1v) is 12.6. The minimum Gasteiger partial charge on any atom is -0.359 e. The highest BCUT2D eigenvalue weighted by atomic mass is 16.2. The standard InChI is InChI=1S/C27H34N8O2/c1-28-25(36)8-6-4-5-7-21(17-30-27(37)24-13-15-31-35(24)3)26-29-18-23(32-26)20-11-9-19(10-12-20)22-14-16-34(2)33-22/h9-16,18,21H,4-8,17H2,1-3H3,(H,28,36)(H,29,32)(H,30,37). The molecule has 0 bridgehead atoms. The van der Waals surface area contributed by atoms with Crippen LogP contribution in [0, 0.1) is 0 Å². The molecular formula is C27H34N8O2. The molecule has 1 aromatic carbocycles. The molecule has 2 amide bonds. The number of carbonyl (C=O) groups is 2. The number of aromatic nitrogens is 6. The van der Waals surface area contributed by atoms with Crippen LogP contribution in [0.15, 0.2) is 55.0 Å². The fraction of sp³-hybridized carbons (Fsp3) is 0.370. The lowest BCUT2D eigenvalue weighted by atomic mass is 9.99. The summed E-state index contributed by atoms with van der Waals surface area (Å²) in [7, 11) is 5.31. The third-order valence-electron chi connectivity index (χ3n) is 6.49. The van der Waals surface area contributed by atoms with Gasteiger partial charge in [-0.2, -0.15) is 10.2 Å². The van der Waals surface area contributed by atoms with E-state index in [9.17, 15) is 9.59 Å². The van der Waals surface area contributed by atoms with Gasteiger partial charge in [0.1, 0.15) is 11.5 Å². The molecule has 0 aliphatic carbocycles. The lowest BCUT2D eigenvalue weighted by Gasteiger charge is -2.16. The van der Waals surface area contributed by atoms with Gasteiger partial charge in [0.2, 0.25) is 5.91 Å². The SMILES string of the molecule is CNC(=O)CCCCCC(CNC(=O)c1ccnn1C)c1ncc(-c2ccc(-c3ccn(C)n3)cc2)[nH]1. The average Bonchev–Trinajstić information content (AvgIpc) is 3.67. The zero-order valence-corrected chi connectivity index (χ0v) is 21.6. The quantitative estimate of drug-likeness (QED) is 0.256. The summed E-state index contributed by atoms with van der Waals surface area (Å²) >= 11 is 0. The van der Waals surface area contributed by atoms with Gasteiger partial charge < -0.3 is 15.6 Å². The van der Waals surface area contributed by atoms with Crippen LogP contribution >= 0.6 is 0 Å². The van der Waals surface area contributed by atoms with Gasteiger partial charge in [-0.3, -0.25) is 19.0 Å². The first-order chi connectivity index (χ1) is 17.9. The molecular weight excluding hydrogens is 468 g/mol. The largest absolute Gasteiger partial charge is 0.359 e. The predicted octanol–water partition coefficient (Wildman–Crippen LogP) is 3.42. The number of hydrogen-bond acceptors (Lipinski definition) is 5. The molecule has 194 valence electrons. The Hall–Kier alpha value is -4.21. The van der Waals surface area contributed by atoms with E-state index < -0.39 is 0 Å². The molecule has 4 aromatic rings. The molecule has 0 saturated carbocycles. The van der Waals surface area contributed by atoms with Crippen LogP contribution in [0.4, 0.5) is 0 Å². The van der Waals surface area contributed by atoms with E-state index in [1.807, 2.05) is 25.5 Å². The monoisotopic (exact) mass is 502 g/mol. The molecule has 0 spiro atoms. The smallest absolute Gasteiger partial charge is 0.269 e. The molecule has 37 heavy (non-hydrogen) atoms. The zero-order valence-electron chi connectivity index (χ0n) is 21.6. The molecule has 10 heteroatoms. The molecule has 3 aromatic heterocycles. The molecule has 0 aliphatic rings. The minimum atomic E-state index is -0.165. The van der Waals surface area contributed by atoms with E-state index in [4.69, 9.17) is 0 Å². The molecule has 3 N–H and O–H groups in total. The Morgan fingerprint density at radius 2 is 1.81 bits per heavy atom. The van der Waals surface area contributed by atoms with Gasteiger partial charge in [0, 0.05) is 58.0 Å². The van der Waals surface area contributed by atoms with Crippen molar-refractivity contribution < 1.29 is 9.59 Å². The van der Waals surface area contributed by atoms with Crippen molar-refractivity contribution in [2.45, 2.75) is 38.0 Å². The summed E-state index contributed by atoms with van der Waals surface area (Å²) in [6.45, 7) is 0.449. The Labute approximate surface area is 216 Å². The highest BCUT2D eigenvalue weighted by Gasteiger charge is 2.19. The van der Waals surface area contributed by atoms with Gasteiger partial charge in [0.05, 0.1) is 17.6 Å². The van der Waals surface area contributed by atoms with Crippen molar-refractivity contribution in [2.24, 2.45) is 14.1 Å². The topological polar surface area (TPSA) is 123 Å². The molecule has 4 rings (SSSR count). The zero-order chi connectivity index (χ0) is 26.2. The number of nitrogens with zero attached hydrogens (tertiary/aromatic N) is 5. The molecule has 0 radical (unpaired) electrons. The Balaban J connectivity index is 1.43. The summed E-state index contributed by atoms with van der Waals surface area (Å²) < 4.78 is 3.35. The van der Waals surface area contributed by atoms with Crippen molar-refractivity contribution in [2.75, 3.05) is 13.6 Å². The van der Waals surface area contributed by atoms with Gasteiger partial charge in [-0.25, -0.2) is 4.98 Å². The number of unbranched alkanes of at least 4 members (excludes halogenated alkanes) is 2. The summed E-state index contributed by atoms with van der Waals surface area (Å²) in [6, 6.07) is 11.9. The molecule has 10 nitrogen and oxygen atoms in total. The highest BCUT2D eigenvalue weighted by molar-refractivity contribution is 5.92. The summed E-state index contributed by atoms with van der Waals surface area (Å²) in [6.07, 6.45) is 9.43. The third-order valence-corrected chi connectivity index (χ3v) is 6.49. The lowest BCUT2D eigenvalue weighted by Crippen LogP contribution is -2.30. The van der Waals surface area contributed by atoms with Gasteiger partial charge in [-0.05, 0) is 30.5 Å². The maximum absolute atomic E-state index is 12.7. The maximum atomic E-state index is 12.7. The van der Waals surface area contributed by atoms with Crippen molar-refractivity contribution >= 4 is 11.8 Å². The first-order valence-electron chi connectivity index (χ1n) is 12.6. The van der Waals surface area contributed by atoms with Gasteiger partial charge in [-0.15, -0.1) is 0 Å². The minimum absolute atomic E-state index is 0.0127. The fourth-order valence-electron chi connectivity index (χ4n) is 4.30. The van der Waals surface area contributed by atoms with Crippen LogP contribution in [-0.2, 0) is 18.9 Å². The van der Waals surface area contributed by atoms with E-state index in [-0.39, 0.29) is 17.7 Å². The number of hydrogen-bond donors (Lipinski definition) is 3. The van der Waals surface area contributed by atoms with Crippen molar-refractivity contribution in [3.05, 3.63) is 66.5 Å². The summed E-state index contributed by atoms with van der Waals surface area (Å²) in [5.74, 6) is 0.741. The number of aromatic amines is 1. The van der Waals surface area contributed by atoms with Gasteiger partial charge in [0.25, 0.3) is 5.91 Å². The summed E-state index contributed by atoms with van der Waals surface area (Å²) in [5, 5.41) is 14.2. The van der Waals surface area contributed by atoms with Crippen LogP contribution in [0.1, 0.15) is 54.3 Å². The second kappa shape index (κ2) is 12.2. The van der Waals surface area contributed by atoms with Gasteiger partial charge in [-0.1, -0.05) is 37.1 Å². The molecule has 1 atom stereocenters. The predicted molar refractivity (Wildman–Crippen MR) is 142 cm³/mol. The number of imidazole rings is 1. The molecule has 1 unspecified atom stereocenters. The van der Waals surface area contributed by atoms with Crippen LogP contribution in [0.5, 0.6) is 0 Å². The Kier molecular flexibility index (Phi) is 8.50. The maximum Gasteiger partial charge on any atom is 0.269 e. The van der Waals surface area contributed by atoms with Crippen LogP contribution in [0.3, 0.4) is 0 Å². The number of benzene rings is 1. The summed E-state index contributed by atoms with van der Waals surface area (Å²) in [4.78, 5) is 32.3. The number of nitrogens with one attached hydrogen (secondary N) is 3. The van der Waals surface area contributed by atoms with Crippen molar-refractivity contribution in [1.29, 1.82) is 0 Å². The van der Waals surface area contributed by atoms with Crippen LogP contribution < -0.4 is 10.6 Å². The molecule has 0 saturated heterocycles. The van der Waals surface area contributed by atoms with E-state index in [0.717, 1.165) is 54.0 Å². The van der Waals surface area contributed by atoms with Crippen LogP contribution in [0.2, 0.25) is 0 Å². The number of amides is 2. The Morgan fingerprint density at radius 1 is 1.03 bits per heavy atom.